The molecule has 0 amide bonds. The molecule has 0 aliphatic carbocycles. The summed E-state index contributed by atoms with van der Waals surface area (Å²) in [5.74, 6) is -5.17. The molecule has 8 N–H and O–H groups in total. The van der Waals surface area contributed by atoms with Crippen LogP contribution in [0.5, 0.6) is 74.7 Å². The van der Waals surface area contributed by atoms with Crippen molar-refractivity contribution >= 4 is 24.1 Å². The number of ether oxygens (including phenoxy) is 5. The molecule has 6 aromatic carbocycles. The Morgan fingerprint density at radius 1 is 0.500 bits per heavy atom. The first kappa shape index (κ1) is 36.2. The Bertz CT molecular complexity index is 2900. The van der Waals surface area contributed by atoms with Gasteiger partial charge in [0.25, 0.3) is 0 Å². The number of rotatable bonds is 5. The molecule has 0 saturated carbocycles. The van der Waals surface area contributed by atoms with Crippen molar-refractivity contribution in [1.82, 2.24) is 0 Å². The molecule has 2 spiro atoms. The molecule has 60 heavy (non-hydrogen) atoms. The highest BCUT2D eigenvalue weighted by molar-refractivity contribution is 6.03. The molecule has 0 aromatic heterocycles. The van der Waals surface area contributed by atoms with Crippen molar-refractivity contribution in [2.45, 2.75) is 23.0 Å². The fourth-order valence-corrected chi connectivity index (χ4v) is 9.18. The van der Waals surface area contributed by atoms with Crippen molar-refractivity contribution < 1.29 is 74.1 Å². The fraction of sp³-hybridized carbons (Fsp3) is 0.111. The minimum Gasteiger partial charge on any atom is -0.508 e. The van der Waals surface area contributed by atoms with Crippen LogP contribution < -0.4 is 23.7 Å². The van der Waals surface area contributed by atoms with Gasteiger partial charge in [0.05, 0.1) is 18.2 Å². The lowest BCUT2D eigenvalue weighted by Gasteiger charge is -2.29. The molecule has 0 bridgehead atoms. The minimum absolute atomic E-state index is 0.0418. The van der Waals surface area contributed by atoms with E-state index in [1.165, 1.54) is 98.1 Å². The van der Waals surface area contributed by atoms with Crippen molar-refractivity contribution in [2.24, 2.45) is 0 Å². The smallest absolute Gasteiger partial charge is 0.331 e. The average Bonchev–Trinajstić information content (AvgIpc) is 3.90. The normalized spacial score (nSPS) is 21.6. The summed E-state index contributed by atoms with van der Waals surface area (Å²) in [6.45, 7) is 0. The lowest BCUT2D eigenvalue weighted by molar-refractivity contribution is -0.139. The average molecular weight is 811 g/mol. The third-order valence-corrected chi connectivity index (χ3v) is 11.4. The van der Waals surface area contributed by atoms with Gasteiger partial charge in [0, 0.05) is 41.5 Å². The highest BCUT2D eigenvalue weighted by atomic mass is 16.6. The number of fused-ring (bicyclic) bond motifs is 8. The predicted octanol–water partition coefficient (Wildman–Crippen LogP) is 6.19. The van der Waals surface area contributed by atoms with Crippen molar-refractivity contribution in [3.63, 3.8) is 0 Å². The Morgan fingerprint density at radius 2 is 0.950 bits per heavy atom. The summed E-state index contributed by atoms with van der Waals surface area (Å²) in [5.41, 5.74) is -3.00. The number of carbonyl (C=O) groups is 2. The topological polar surface area (TPSA) is 242 Å². The lowest BCUT2D eigenvalue weighted by Crippen LogP contribution is -2.40. The van der Waals surface area contributed by atoms with E-state index in [1.54, 1.807) is 0 Å². The quantitative estimate of drug-likeness (QED) is 0.0550. The Kier molecular flexibility index (Phi) is 7.47. The van der Waals surface area contributed by atoms with Gasteiger partial charge in [-0.2, -0.15) is 0 Å². The maximum atomic E-state index is 14.6. The summed E-state index contributed by atoms with van der Waals surface area (Å²) in [7, 11) is 1.25. The fourth-order valence-electron chi connectivity index (χ4n) is 9.18. The first-order valence-corrected chi connectivity index (χ1v) is 18.3. The first-order valence-electron chi connectivity index (χ1n) is 18.3. The van der Waals surface area contributed by atoms with Crippen LogP contribution in [-0.2, 0) is 20.4 Å². The monoisotopic (exact) mass is 810 g/mol. The van der Waals surface area contributed by atoms with Gasteiger partial charge >= 0.3 is 11.9 Å². The molecule has 0 unspecified atom stereocenters. The minimum atomic E-state index is -2.04. The summed E-state index contributed by atoms with van der Waals surface area (Å²) >= 11 is 0. The van der Waals surface area contributed by atoms with E-state index in [2.05, 4.69) is 0 Å². The van der Waals surface area contributed by atoms with Crippen molar-refractivity contribution in [2.75, 3.05) is 7.11 Å². The Morgan fingerprint density at radius 3 is 1.47 bits per heavy atom. The molecule has 15 heteroatoms. The van der Waals surface area contributed by atoms with Crippen LogP contribution in [0.2, 0.25) is 0 Å². The van der Waals surface area contributed by atoms with Gasteiger partial charge in [-0.15, -0.1) is 0 Å². The number of phenolic OH excluding ortho intramolecular Hbond substituents is 8. The van der Waals surface area contributed by atoms with Crippen LogP contribution in [0.25, 0.3) is 12.2 Å². The first-order chi connectivity index (χ1) is 28.8. The van der Waals surface area contributed by atoms with E-state index in [-0.39, 0.29) is 90.9 Å². The van der Waals surface area contributed by atoms with Crippen LogP contribution in [0.15, 0.2) is 91.0 Å². The van der Waals surface area contributed by atoms with E-state index in [4.69, 9.17) is 23.7 Å². The zero-order valence-electron chi connectivity index (χ0n) is 30.9. The maximum absolute atomic E-state index is 14.6. The van der Waals surface area contributed by atoms with E-state index in [0.717, 1.165) is 12.1 Å². The van der Waals surface area contributed by atoms with E-state index in [9.17, 15) is 50.4 Å². The molecule has 4 heterocycles. The van der Waals surface area contributed by atoms with Gasteiger partial charge in [-0.25, -0.2) is 0 Å². The number of benzene rings is 6. The summed E-state index contributed by atoms with van der Waals surface area (Å²) in [6, 6.07) is 20.0. The second-order valence-corrected chi connectivity index (χ2v) is 14.7. The number of methoxy groups -OCH3 is 1. The molecule has 0 fully saturated rings. The summed E-state index contributed by atoms with van der Waals surface area (Å²) in [6.07, 6.45) is 0.367. The van der Waals surface area contributed by atoms with Gasteiger partial charge in [-0.1, -0.05) is 36.4 Å². The SMILES string of the molecule is COc1c(O)cc(/C=C/c2cc(O)cc3c2[C@@]2(C(=O)O3)c3c(O)cc(O)cc3O[C@H]2c2ccc(O)cc2)c2c1OC(=O)[C@@]21c2c(O)cc(O)cc2O[C@@H]1c1ccc(O)cc1. The zero-order chi connectivity index (χ0) is 42.0. The van der Waals surface area contributed by atoms with Gasteiger partial charge in [-0.3, -0.25) is 9.59 Å². The number of hydrogen-bond donors (Lipinski definition) is 8. The van der Waals surface area contributed by atoms with Gasteiger partial charge in [0.2, 0.25) is 5.75 Å². The van der Waals surface area contributed by atoms with E-state index in [1.807, 2.05) is 0 Å². The van der Waals surface area contributed by atoms with Crippen molar-refractivity contribution in [3.8, 4) is 74.7 Å². The molecule has 10 rings (SSSR count). The molecular formula is C45H30O15. The van der Waals surface area contributed by atoms with E-state index < -0.39 is 52.2 Å². The lowest BCUT2D eigenvalue weighted by atomic mass is 9.68. The molecule has 6 aromatic rings. The van der Waals surface area contributed by atoms with Gasteiger partial charge in [0.1, 0.15) is 69.7 Å². The molecule has 300 valence electrons. The van der Waals surface area contributed by atoms with Crippen LogP contribution in [0.4, 0.5) is 0 Å². The molecule has 4 atom stereocenters. The van der Waals surface area contributed by atoms with Crippen LogP contribution in [0.3, 0.4) is 0 Å². The number of esters is 2. The molecule has 4 aliphatic rings. The van der Waals surface area contributed by atoms with Gasteiger partial charge < -0.3 is 64.5 Å². The second kappa shape index (κ2) is 12.4. The molecular weight excluding hydrogens is 780 g/mol. The predicted molar refractivity (Wildman–Crippen MR) is 207 cm³/mol. The molecule has 15 nitrogen and oxygen atoms in total. The van der Waals surface area contributed by atoms with Crippen LogP contribution in [0, 0.1) is 0 Å². The van der Waals surface area contributed by atoms with Gasteiger partial charge in [-0.05, 0) is 58.7 Å². The second-order valence-electron chi connectivity index (χ2n) is 14.7. The van der Waals surface area contributed by atoms with Crippen LogP contribution >= 0.6 is 0 Å². The number of phenols is 8. The highest BCUT2D eigenvalue weighted by Crippen LogP contribution is 2.67. The van der Waals surface area contributed by atoms with Gasteiger partial charge in [0.15, 0.2) is 22.3 Å². The number of hydrogen-bond acceptors (Lipinski definition) is 15. The van der Waals surface area contributed by atoms with E-state index in [0.29, 0.717) is 11.1 Å². The third-order valence-electron chi connectivity index (χ3n) is 11.4. The standard InChI is InChI=1S/C45H30O15/c1-56-38-30(53)13-22(35-39(38)60-43(55)45(35)37-29(52)15-27(50)18-33(37)58-41(45)20-6-10-24(47)11-7-20)3-2-21-12-25(48)16-31-34(21)44(42(54)59-31)36-28(51)14-26(49)17-32(36)57-40(44)19-4-8-23(46)9-5-19/h2-18,40-41,46-53H,1H3/b3-2+/t40-,41+,44+,45+/m0/s1. The molecule has 4 aliphatic heterocycles. The Balaban J connectivity index is 1.23. The Hall–Kier alpha value is -8.20. The van der Waals surface area contributed by atoms with Crippen molar-refractivity contribution in [1.29, 1.82) is 0 Å². The van der Waals surface area contributed by atoms with Crippen molar-refractivity contribution in [3.05, 3.63) is 136 Å². The van der Waals surface area contributed by atoms with E-state index >= 15 is 0 Å². The summed E-state index contributed by atoms with van der Waals surface area (Å²) in [4.78, 5) is 29.1. The molecule has 0 saturated heterocycles. The largest absolute Gasteiger partial charge is 0.508 e. The zero-order valence-corrected chi connectivity index (χ0v) is 30.9. The Labute approximate surface area is 338 Å². The highest BCUT2D eigenvalue weighted by Gasteiger charge is 2.67. The van der Waals surface area contributed by atoms with Crippen LogP contribution in [-0.4, -0.2) is 59.9 Å². The summed E-state index contributed by atoms with van der Waals surface area (Å²) < 4.78 is 30.0. The summed E-state index contributed by atoms with van der Waals surface area (Å²) in [5, 5.41) is 86.5. The van der Waals surface area contributed by atoms with Crippen LogP contribution in [0.1, 0.15) is 56.7 Å². The number of aromatic hydroxyl groups is 8. The third kappa shape index (κ3) is 4.70. The number of carbonyl (C=O) groups excluding carboxylic acids is 2. The maximum Gasteiger partial charge on any atom is 0.331 e. The molecule has 0 radical (unpaired) electrons.